The number of urea groups is 1. The summed E-state index contributed by atoms with van der Waals surface area (Å²) < 4.78 is 29.9. The molecule has 0 spiro atoms. The Hall–Kier alpha value is -4.45. The van der Waals surface area contributed by atoms with Crippen molar-refractivity contribution in [2.75, 3.05) is 28.4 Å². The minimum Gasteiger partial charge on any atom is -0.326 e. The summed E-state index contributed by atoms with van der Waals surface area (Å²) in [5, 5.41) is 5.45. The van der Waals surface area contributed by atoms with Crippen LogP contribution in [-0.4, -0.2) is 48.7 Å². The van der Waals surface area contributed by atoms with Crippen LogP contribution in [-0.2, 0) is 21.4 Å². The van der Waals surface area contributed by atoms with Crippen molar-refractivity contribution in [2.45, 2.75) is 37.6 Å². The van der Waals surface area contributed by atoms with Gasteiger partial charge in [-0.3, -0.25) is 19.1 Å². The van der Waals surface area contributed by atoms with E-state index in [1.165, 1.54) is 44.2 Å². The fourth-order valence-electron chi connectivity index (χ4n) is 5.30. The van der Waals surface area contributed by atoms with E-state index in [4.69, 9.17) is 0 Å². The second-order valence-electron chi connectivity index (χ2n) is 10.2. The number of carbonyl (C=O) groups excluding carboxylic acids is 3. The zero-order valence-corrected chi connectivity index (χ0v) is 22.8. The Labute approximate surface area is 231 Å². The maximum atomic E-state index is 13.3. The first-order valence-corrected chi connectivity index (χ1v) is 14.3. The number of sulfonamides is 1. The topological polar surface area (TPSA) is 147 Å². The number of piperidine rings is 1. The number of nitrogens with one attached hydrogen (secondary N) is 3. The molecule has 3 N–H and O–H groups in total. The molecule has 0 saturated carbocycles. The molecule has 2 aliphatic heterocycles. The van der Waals surface area contributed by atoms with E-state index in [0.717, 1.165) is 12.1 Å². The number of fused-ring (bicyclic) bond motifs is 4. The van der Waals surface area contributed by atoms with Crippen molar-refractivity contribution < 1.29 is 22.8 Å². The first kappa shape index (κ1) is 27.1. The van der Waals surface area contributed by atoms with Crippen molar-refractivity contribution in [3.63, 3.8) is 0 Å². The first-order valence-electron chi connectivity index (χ1n) is 12.8. The molecule has 3 heterocycles. The van der Waals surface area contributed by atoms with Gasteiger partial charge in [-0.05, 0) is 79.9 Å². The fourth-order valence-corrected chi connectivity index (χ4v) is 6.36. The van der Waals surface area contributed by atoms with Crippen molar-refractivity contribution in [1.29, 1.82) is 0 Å². The maximum Gasteiger partial charge on any atom is 0.321 e. The van der Waals surface area contributed by atoms with Crippen LogP contribution in [0.3, 0.4) is 0 Å². The molecule has 1 aromatic heterocycles. The Morgan fingerprint density at radius 1 is 0.825 bits per heavy atom. The predicted molar refractivity (Wildman–Crippen MR) is 150 cm³/mol. The number of anilines is 3. The van der Waals surface area contributed by atoms with E-state index in [0.29, 0.717) is 36.6 Å². The first-order chi connectivity index (χ1) is 19.0. The number of nitrogens with zero attached hydrogens (tertiary/aromatic N) is 2. The smallest absolute Gasteiger partial charge is 0.321 e. The molecule has 0 radical (unpaired) electrons. The predicted octanol–water partition coefficient (Wildman–Crippen LogP) is 3.46. The van der Waals surface area contributed by atoms with Gasteiger partial charge in [-0.1, -0.05) is 0 Å². The molecule has 5 rings (SSSR count). The summed E-state index contributed by atoms with van der Waals surface area (Å²) in [6.45, 7) is 4.07. The molecule has 40 heavy (non-hydrogen) atoms. The Morgan fingerprint density at radius 3 is 2.12 bits per heavy atom. The Morgan fingerprint density at radius 2 is 1.48 bits per heavy atom. The minimum absolute atomic E-state index is 0.0305. The summed E-state index contributed by atoms with van der Waals surface area (Å²) in [5.41, 5.74) is 1.87. The lowest BCUT2D eigenvalue weighted by Crippen LogP contribution is -2.50. The van der Waals surface area contributed by atoms with E-state index in [9.17, 15) is 27.6 Å². The van der Waals surface area contributed by atoms with Crippen LogP contribution in [0.15, 0.2) is 70.4 Å². The minimum atomic E-state index is -4.04. The standard InChI is InChI=1S/C28H29N5O6S/c1-17(34)20-3-5-23(6-4-20)30-28(37)32-14-19-13-21(16-32)26-12-11-25(27(36)33(26)15-19)31-40(38,39)24-9-7-22(8-10-24)29-18(2)35/h3-12,19,21,31H,13-16H2,1-2H3,(H,29,35)(H,30,37)/t19-,21+/m0/s1. The van der Waals surface area contributed by atoms with Gasteiger partial charge in [0, 0.05) is 55.1 Å². The number of amides is 3. The van der Waals surface area contributed by atoms with Crippen LogP contribution in [0.25, 0.3) is 0 Å². The normalized spacial score (nSPS) is 17.9. The van der Waals surface area contributed by atoms with Crippen LogP contribution in [0, 0.1) is 5.92 Å². The third-order valence-corrected chi connectivity index (χ3v) is 8.54. The number of rotatable bonds is 6. The highest BCUT2D eigenvalue weighted by molar-refractivity contribution is 7.92. The SMILES string of the molecule is CC(=O)Nc1ccc(S(=O)(=O)Nc2ccc3n(c2=O)C[C@H]2C[C@@H]3CN(C(=O)Nc3ccc(C(C)=O)cc3)C2)cc1. The molecule has 208 valence electrons. The average Bonchev–Trinajstić information content (AvgIpc) is 2.90. The van der Waals surface area contributed by atoms with Crippen LogP contribution in [0.1, 0.15) is 42.2 Å². The maximum absolute atomic E-state index is 13.3. The van der Waals surface area contributed by atoms with E-state index in [-0.39, 0.29) is 40.1 Å². The molecule has 0 unspecified atom stereocenters. The molecule has 2 atom stereocenters. The molecular weight excluding hydrogens is 534 g/mol. The van der Waals surface area contributed by atoms with Gasteiger partial charge in [0.2, 0.25) is 5.91 Å². The van der Waals surface area contributed by atoms with Crippen molar-refractivity contribution in [2.24, 2.45) is 5.92 Å². The quantitative estimate of drug-likeness (QED) is 0.392. The van der Waals surface area contributed by atoms with Crippen molar-refractivity contribution in [3.05, 3.63) is 82.3 Å². The van der Waals surface area contributed by atoms with Crippen LogP contribution in [0.2, 0.25) is 0 Å². The number of aromatic nitrogens is 1. The third-order valence-electron chi connectivity index (χ3n) is 7.16. The number of carbonyl (C=O) groups is 3. The molecule has 2 aliphatic rings. The number of pyridine rings is 1. The zero-order chi connectivity index (χ0) is 28.6. The number of Topliss-reactive ketones (excluding diaryl/α,β-unsaturated/α-hetero) is 1. The molecule has 2 bridgehead atoms. The van der Waals surface area contributed by atoms with Gasteiger partial charge in [-0.15, -0.1) is 0 Å². The summed E-state index contributed by atoms with van der Waals surface area (Å²) >= 11 is 0. The van der Waals surface area contributed by atoms with Gasteiger partial charge in [-0.2, -0.15) is 0 Å². The van der Waals surface area contributed by atoms with E-state index in [1.807, 2.05) is 0 Å². The van der Waals surface area contributed by atoms with Gasteiger partial charge >= 0.3 is 6.03 Å². The molecule has 2 aromatic carbocycles. The molecule has 11 nitrogen and oxygen atoms in total. The summed E-state index contributed by atoms with van der Waals surface area (Å²) in [6, 6.07) is 15.3. The van der Waals surface area contributed by atoms with Gasteiger partial charge in [0.1, 0.15) is 5.69 Å². The molecule has 1 fully saturated rings. The molecule has 3 aromatic rings. The van der Waals surface area contributed by atoms with E-state index >= 15 is 0 Å². The van der Waals surface area contributed by atoms with E-state index in [2.05, 4.69) is 15.4 Å². The lowest BCUT2D eigenvalue weighted by atomic mass is 9.83. The van der Waals surface area contributed by atoms with Gasteiger partial charge in [-0.25, -0.2) is 13.2 Å². The van der Waals surface area contributed by atoms with Crippen LogP contribution in [0.5, 0.6) is 0 Å². The second kappa shape index (κ2) is 10.6. The lowest BCUT2D eigenvalue weighted by molar-refractivity contribution is -0.114. The molecule has 1 saturated heterocycles. The molecule has 0 aliphatic carbocycles. The second-order valence-corrected chi connectivity index (χ2v) is 11.8. The van der Waals surface area contributed by atoms with Crippen LogP contribution >= 0.6 is 0 Å². The summed E-state index contributed by atoms with van der Waals surface area (Å²) in [6.07, 6.45) is 0.822. The highest BCUT2D eigenvalue weighted by Gasteiger charge is 2.37. The Bertz CT molecular complexity index is 1650. The van der Waals surface area contributed by atoms with Crippen LogP contribution < -0.4 is 20.9 Å². The monoisotopic (exact) mass is 563 g/mol. The van der Waals surface area contributed by atoms with Crippen molar-refractivity contribution >= 4 is 44.8 Å². The number of ketones is 1. The van der Waals surface area contributed by atoms with E-state index < -0.39 is 15.6 Å². The Balaban J connectivity index is 1.30. The number of hydrogen-bond donors (Lipinski definition) is 3. The average molecular weight is 564 g/mol. The molecular formula is C28H29N5O6S. The zero-order valence-electron chi connectivity index (χ0n) is 22.0. The fraction of sp³-hybridized carbons (Fsp3) is 0.286. The van der Waals surface area contributed by atoms with Crippen molar-refractivity contribution in [1.82, 2.24) is 9.47 Å². The van der Waals surface area contributed by atoms with E-state index in [1.54, 1.807) is 39.8 Å². The summed E-state index contributed by atoms with van der Waals surface area (Å²) in [5.74, 6) is -0.366. The summed E-state index contributed by atoms with van der Waals surface area (Å²) in [7, 11) is -4.04. The number of likely N-dealkylation sites (tertiary alicyclic amines) is 1. The third kappa shape index (κ3) is 5.62. The van der Waals surface area contributed by atoms with Gasteiger partial charge in [0.25, 0.3) is 15.6 Å². The summed E-state index contributed by atoms with van der Waals surface area (Å²) in [4.78, 5) is 50.7. The molecule has 3 amide bonds. The van der Waals surface area contributed by atoms with Gasteiger partial charge in [0.05, 0.1) is 4.90 Å². The molecule has 12 heteroatoms. The van der Waals surface area contributed by atoms with Crippen molar-refractivity contribution in [3.8, 4) is 0 Å². The highest BCUT2D eigenvalue weighted by Crippen LogP contribution is 2.36. The number of hydrogen-bond acceptors (Lipinski definition) is 6. The van der Waals surface area contributed by atoms with Gasteiger partial charge < -0.3 is 20.1 Å². The lowest BCUT2D eigenvalue weighted by Gasteiger charge is -2.42. The number of benzene rings is 2. The largest absolute Gasteiger partial charge is 0.326 e. The highest BCUT2D eigenvalue weighted by atomic mass is 32.2. The van der Waals surface area contributed by atoms with Crippen LogP contribution in [0.4, 0.5) is 21.9 Å². The Kier molecular flexibility index (Phi) is 7.19. The van der Waals surface area contributed by atoms with Gasteiger partial charge in [0.15, 0.2) is 5.78 Å².